The van der Waals surface area contributed by atoms with Crippen molar-refractivity contribution in [2.75, 3.05) is 31.6 Å². The lowest BCUT2D eigenvalue weighted by Crippen LogP contribution is -2.34. The van der Waals surface area contributed by atoms with Crippen LogP contribution in [0.25, 0.3) is 0 Å². The number of anilines is 1. The summed E-state index contributed by atoms with van der Waals surface area (Å²) < 4.78 is 0. The number of rotatable bonds is 7. The molecule has 0 heterocycles. The number of aliphatic hydroxyl groups excluding tert-OH is 1. The summed E-state index contributed by atoms with van der Waals surface area (Å²) in [6.45, 7) is 7.86. The first-order chi connectivity index (χ1) is 9.13. The summed E-state index contributed by atoms with van der Waals surface area (Å²) in [6.07, 6.45) is 0.883. The highest BCUT2D eigenvalue weighted by Gasteiger charge is 2.17. The number of aliphatic hydroxyl groups is 1. The van der Waals surface area contributed by atoms with Crippen molar-refractivity contribution in [1.29, 1.82) is 0 Å². The van der Waals surface area contributed by atoms with Crippen LogP contribution in [0.1, 0.15) is 36.2 Å². The van der Waals surface area contributed by atoms with E-state index in [0.717, 1.165) is 24.2 Å². The lowest BCUT2D eigenvalue weighted by Gasteiger charge is -2.23. The minimum absolute atomic E-state index is 0.00581. The second kappa shape index (κ2) is 7.79. The molecule has 0 atom stereocenters. The Kier molecular flexibility index (Phi) is 6.36. The molecule has 4 nitrogen and oxygen atoms in total. The molecule has 0 spiro atoms. The van der Waals surface area contributed by atoms with E-state index in [0.29, 0.717) is 18.7 Å². The fraction of sp³-hybridized carbons (Fsp3) is 0.533. The molecule has 4 heteroatoms. The van der Waals surface area contributed by atoms with Gasteiger partial charge in [0.1, 0.15) is 0 Å². The van der Waals surface area contributed by atoms with Gasteiger partial charge in [0, 0.05) is 25.3 Å². The van der Waals surface area contributed by atoms with Crippen molar-refractivity contribution in [3.63, 3.8) is 0 Å². The monoisotopic (exact) mass is 264 g/mol. The normalized spacial score (nSPS) is 10.3. The Morgan fingerprint density at radius 1 is 1.32 bits per heavy atom. The molecule has 19 heavy (non-hydrogen) atoms. The van der Waals surface area contributed by atoms with Gasteiger partial charge in [0.05, 0.1) is 12.2 Å². The zero-order chi connectivity index (χ0) is 14.3. The maximum atomic E-state index is 12.5. The Bertz CT molecular complexity index is 413. The first kappa shape index (κ1) is 15.5. The molecule has 0 saturated heterocycles. The lowest BCUT2D eigenvalue weighted by atomic mass is 10.1. The molecule has 0 saturated carbocycles. The summed E-state index contributed by atoms with van der Waals surface area (Å²) in [4.78, 5) is 14.2. The molecule has 106 valence electrons. The van der Waals surface area contributed by atoms with Crippen molar-refractivity contribution < 1.29 is 9.90 Å². The van der Waals surface area contributed by atoms with Crippen LogP contribution in [0.3, 0.4) is 0 Å². The minimum atomic E-state index is -0.0214. The number of carbonyl (C=O) groups is 1. The number of amides is 1. The third kappa shape index (κ3) is 4.24. The topological polar surface area (TPSA) is 52.6 Å². The van der Waals surface area contributed by atoms with E-state index in [1.165, 1.54) is 0 Å². The van der Waals surface area contributed by atoms with Crippen LogP contribution >= 0.6 is 0 Å². The highest BCUT2D eigenvalue weighted by atomic mass is 16.3. The first-order valence-corrected chi connectivity index (χ1v) is 6.88. The maximum Gasteiger partial charge on any atom is 0.256 e. The van der Waals surface area contributed by atoms with E-state index in [9.17, 15) is 4.79 Å². The molecular weight excluding hydrogens is 240 g/mol. The molecule has 0 aliphatic heterocycles. The summed E-state index contributed by atoms with van der Waals surface area (Å²) in [5.41, 5.74) is 2.66. The predicted octanol–water partition coefficient (Wildman–Crippen LogP) is 2.27. The molecule has 1 rings (SSSR count). The predicted molar refractivity (Wildman–Crippen MR) is 78.6 cm³/mol. The third-order valence-corrected chi connectivity index (χ3v) is 2.92. The summed E-state index contributed by atoms with van der Waals surface area (Å²) in [7, 11) is 0. The largest absolute Gasteiger partial charge is 0.395 e. The molecule has 1 aromatic carbocycles. The van der Waals surface area contributed by atoms with E-state index in [4.69, 9.17) is 5.11 Å². The van der Waals surface area contributed by atoms with Crippen molar-refractivity contribution in [1.82, 2.24) is 4.90 Å². The van der Waals surface area contributed by atoms with Crippen molar-refractivity contribution >= 4 is 11.6 Å². The molecule has 0 aliphatic carbocycles. The van der Waals surface area contributed by atoms with Gasteiger partial charge in [0.2, 0.25) is 0 Å². The second-order valence-corrected chi connectivity index (χ2v) is 4.60. The van der Waals surface area contributed by atoms with Crippen LogP contribution in [0.5, 0.6) is 0 Å². The van der Waals surface area contributed by atoms with Crippen molar-refractivity contribution in [2.45, 2.75) is 27.2 Å². The Labute approximate surface area is 115 Å². The van der Waals surface area contributed by atoms with Crippen molar-refractivity contribution in [2.24, 2.45) is 0 Å². The number of hydrogen-bond donors (Lipinski definition) is 2. The molecule has 1 amide bonds. The van der Waals surface area contributed by atoms with E-state index < -0.39 is 0 Å². The van der Waals surface area contributed by atoms with Crippen LogP contribution in [-0.2, 0) is 0 Å². The highest BCUT2D eigenvalue weighted by molar-refractivity contribution is 5.99. The molecule has 0 aliphatic rings. The summed E-state index contributed by atoms with van der Waals surface area (Å²) in [6, 6.07) is 5.78. The fourth-order valence-electron chi connectivity index (χ4n) is 2.06. The number of nitrogens with zero attached hydrogens (tertiary/aromatic N) is 1. The third-order valence-electron chi connectivity index (χ3n) is 2.92. The standard InChI is InChI=1S/C15H24N2O2/c1-4-8-17(9-10-18)15(19)13-7-6-12(3)11-14(13)16-5-2/h6-7,11,16,18H,4-5,8-10H2,1-3H3. The zero-order valence-corrected chi connectivity index (χ0v) is 12.1. The van der Waals surface area contributed by atoms with Crippen LogP contribution in [-0.4, -0.2) is 42.2 Å². The molecule has 0 aromatic heterocycles. The number of carbonyl (C=O) groups excluding carboxylic acids is 1. The van der Waals surface area contributed by atoms with E-state index in [-0.39, 0.29) is 12.5 Å². The summed E-state index contributed by atoms with van der Waals surface area (Å²) in [5.74, 6) is -0.0214. The highest BCUT2D eigenvalue weighted by Crippen LogP contribution is 2.19. The van der Waals surface area contributed by atoms with Gasteiger partial charge in [-0.05, 0) is 38.0 Å². The van der Waals surface area contributed by atoms with Gasteiger partial charge in [-0.1, -0.05) is 13.0 Å². The molecule has 0 radical (unpaired) electrons. The Hall–Kier alpha value is -1.55. The van der Waals surface area contributed by atoms with E-state index in [1.54, 1.807) is 4.90 Å². The van der Waals surface area contributed by atoms with Gasteiger partial charge < -0.3 is 15.3 Å². The molecule has 1 aromatic rings. The number of nitrogens with one attached hydrogen (secondary N) is 1. The average molecular weight is 264 g/mol. The SMILES string of the molecule is CCCN(CCO)C(=O)c1ccc(C)cc1NCC. The van der Waals surface area contributed by atoms with Gasteiger partial charge in [0.15, 0.2) is 0 Å². The van der Waals surface area contributed by atoms with Crippen LogP contribution in [0.4, 0.5) is 5.69 Å². The Morgan fingerprint density at radius 2 is 2.05 bits per heavy atom. The number of hydrogen-bond acceptors (Lipinski definition) is 3. The lowest BCUT2D eigenvalue weighted by molar-refractivity contribution is 0.0723. The molecular formula is C15H24N2O2. The van der Waals surface area contributed by atoms with Gasteiger partial charge in [-0.2, -0.15) is 0 Å². The smallest absolute Gasteiger partial charge is 0.256 e. The fourth-order valence-corrected chi connectivity index (χ4v) is 2.06. The molecule has 0 fully saturated rings. The minimum Gasteiger partial charge on any atom is -0.395 e. The van der Waals surface area contributed by atoms with Gasteiger partial charge >= 0.3 is 0 Å². The summed E-state index contributed by atoms with van der Waals surface area (Å²) in [5, 5.41) is 12.3. The van der Waals surface area contributed by atoms with Crippen LogP contribution in [0.2, 0.25) is 0 Å². The van der Waals surface area contributed by atoms with Crippen molar-refractivity contribution in [3.8, 4) is 0 Å². The number of benzene rings is 1. The Balaban J connectivity index is 3.01. The van der Waals surface area contributed by atoms with Gasteiger partial charge in [-0.3, -0.25) is 4.79 Å². The second-order valence-electron chi connectivity index (χ2n) is 4.60. The maximum absolute atomic E-state index is 12.5. The zero-order valence-electron chi connectivity index (χ0n) is 12.1. The Morgan fingerprint density at radius 3 is 2.63 bits per heavy atom. The molecule has 2 N–H and O–H groups in total. The van der Waals surface area contributed by atoms with Gasteiger partial charge in [-0.25, -0.2) is 0 Å². The van der Waals surface area contributed by atoms with Crippen LogP contribution in [0, 0.1) is 6.92 Å². The number of aryl methyl sites for hydroxylation is 1. The quantitative estimate of drug-likeness (QED) is 0.794. The average Bonchev–Trinajstić information content (AvgIpc) is 2.38. The van der Waals surface area contributed by atoms with Crippen LogP contribution in [0.15, 0.2) is 18.2 Å². The van der Waals surface area contributed by atoms with Crippen molar-refractivity contribution in [3.05, 3.63) is 29.3 Å². The van der Waals surface area contributed by atoms with Gasteiger partial charge in [0.25, 0.3) is 5.91 Å². The molecule has 0 bridgehead atoms. The van der Waals surface area contributed by atoms with Crippen LogP contribution < -0.4 is 5.32 Å². The van der Waals surface area contributed by atoms with E-state index in [1.807, 2.05) is 39.0 Å². The summed E-state index contributed by atoms with van der Waals surface area (Å²) >= 11 is 0. The van der Waals surface area contributed by atoms with E-state index >= 15 is 0 Å². The van der Waals surface area contributed by atoms with Gasteiger partial charge in [-0.15, -0.1) is 0 Å². The first-order valence-electron chi connectivity index (χ1n) is 6.88. The van der Waals surface area contributed by atoms with E-state index in [2.05, 4.69) is 5.32 Å². The molecule has 0 unspecified atom stereocenters.